The minimum absolute atomic E-state index is 0.709. The third kappa shape index (κ3) is 19.5. The fourth-order valence-electron chi connectivity index (χ4n) is 5.40. The van der Waals surface area contributed by atoms with E-state index < -0.39 is 0 Å². The Morgan fingerprint density at radius 3 is 2.09 bits per heavy atom. The van der Waals surface area contributed by atoms with Gasteiger partial charge in [-0.2, -0.15) is 0 Å². The first-order valence-electron chi connectivity index (χ1n) is 19.5. The molecule has 0 N–H and O–H groups in total. The van der Waals surface area contributed by atoms with Crippen molar-refractivity contribution in [1.82, 2.24) is 19.8 Å². The molecule has 0 bridgehead atoms. The Kier molecular flexibility index (Phi) is 29.5. The molecule has 306 valence electrons. The van der Waals surface area contributed by atoms with E-state index in [0.717, 1.165) is 59.3 Å². The SMILES string of the molecule is CC.CCC.CCCc1cc(-c2nc(C)cs2)cc(OC)c1C.COC.C\C=C/C(OC)=C(\C=C(/C)c1nc(CCCN2CCCN(C)CC2)cs1)OC. The summed E-state index contributed by atoms with van der Waals surface area (Å²) >= 11 is 3.38. The number of rotatable bonds is 13. The molecule has 4 rings (SSSR count). The highest BCUT2D eigenvalue weighted by atomic mass is 32.1. The zero-order chi connectivity index (χ0) is 40.9. The summed E-state index contributed by atoms with van der Waals surface area (Å²) in [4.78, 5) is 14.4. The van der Waals surface area contributed by atoms with E-state index in [-0.39, 0.29) is 0 Å². The maximum absolute atomic E-state index is 5.50. The second-order valence-electron chi connectivity index (χ2n) is 12.8. The monoisotopic (exact) mass is 787 g/mol. The van der Waals surface area contributed by atoms with Crippen molar-refractivity contribution in [2.75, 3.05) is 75.3 Å². The highest BCUT2D eigenvalue weighted by Gasteiger charge is 2.13. The number of ether oxygens (including phenoxy) is 4. The number of aryl methyl sites for hydroxylation is 3. The lowest BCUT2D eigenvalue weighted by Gasteiger charge is -2.19. The molecule has 3 heterocycles. The molecule has 2 aromatic heterocycles. The van der Waals surface area contributed by atoms with Crippen LogP contribution in [0.4, 0.5) is 0 Å². The molecule has 0 spiro atoms. The van der Waals surface area contributed by atoms with Crippen molar-refractivity contribution in [3.63, 3.8) is 0 Å². The predicted octanol–water partition coefficient (Wildman–Crippen LogP) is 11.3. The van der Waals surface area contributed by atoms with Crippen molar-refractivity contribution in [1.29, 1.82) is 0 Å². The van der Waals surface area contributed by atoms with Crippen molar-refractivity contribution in [3.8, 4) is 16.3 Å². The summed E-state index contributed by atoms with van der Waals surface area (Å²) in [6, 6.07) is 4.34. The van der Waals surface area contributed by atoms with Gasteiger partial charge in [0.15, 0.2) is 11.5 Å². The van der Waals surface area contributed by atoms with Crippen molar-refractivity contribution < 1.29 is 18.9 Å². The van der Waals surface area contributed by atoms with Gasteiger partial charge in [-0.3, -0.25) is 0 Å². The molecular weight excluding hydrogens is 713 g/mol. The highest BCUT2D eigenvalue weighted by molar-refractivity contribution is 7.13. The molecule has 54 heavy (non-hydrogen) atoms. The van der Waals surface area contributed by atoms with Crippen LogP contribution >= 0.6 is 22.7 Å². The first kappa shape index (κ1) is 51.0. The van der Waals surface area contributed by atoms with E-state index >= 15 is 0 Å². The van der Waals surface area contributed by atoms with Crippen LogP contribution in [-0.4, -0.2) is 95.1 Å². The number of benzene rings is 1. The zero-order valence-electron chi connectivity index (χ0n) is 36.6. The standard InChI is InChI=1S/C22H35N3O2S.C15H19NOS.C3H8.C2H6O.C2H6/c1-6-9-20(26-4)21(27-5)16-18(2)22-23-19(17-28-22)10-7-12-25-13-8-11-24(3)14-15-25;1-5-6-12-7-13(8-14(17-4)11(12)3)15-16-10(2)9-18-15;2*1-3-2;1-2/h6,9,16-17H,7-8,10-15H2,1-5H3;7-9H,5-6H2,1-4H3;3H2,1-2H3;1-2H3;1-2H3/b9-6-,18-16+,21-20-;;;;. The fraction of sp³-hybridized carbons (Fsp3) is 0.591. The molecule has 0 aliphatic carbocycles. The van der Waals surface area contributed by atoms with Crippen molar-refractivity contribution in [2.24, 2.45) is 0 Å². The molecule has 1 saturated heterocycles. The van der Waals surface area contributed by atoms with Crippen LogP contribution < -0.4 is 4.74 Å². The van der Waals surface area contributed by atoms with Crippen LogP contribution in [0.25, 0.3) is 16.1 Å². The van der Waals surface area contributed by atoms with Crippen LogP contribution in [-0.2, 0) is 27.1 Å². The van der Waals surface area contributed by atoms with Crippen LogP contribution in [0.3, 0.4) is 0 Å². The lowest BCUT2D eigenvalue weighted by Crippen LogP contribution is -2.30. The number of methoxy groups -OCH3 is 4. The Morgan fingerprint density at radius 2 is 1.54 bits per heavy atom. The van der Waals surface area contributed by atoms with Crippen LogP contribution in [0.2, 0.25) is 0 Å². The molecule has 1 aromatic carbocycles. The molecular formula is C44H74N4O4S2. The summed E-state index contributed by atoms with van der Waals surface area (Å²) in [6.07, 6.45) is 12.8. The Bertz CT molecular complexity index is 1490. The van der Waals surface area contributed by atoms with Gasteiger partial charge < -0.3 is 28.7 Å². The first-order valence-corrected chi connectivity index (χ1v) is 21.3. The maximum atomic E-state index is 5.50. The average molecular weight is 787 g/mol. The molecule has 0 unspecified atom stereocenters. The Balaban J connectivity index is 0.000000923. The third-order valence-corrected chi connectivity index (χ3v) is 10.1. The normalized spacial score (nSPS) is 13.8. The zero-order valence-corrected chi connectivity index (χ0v) is 38.2. The number of aromatic nitrogens is 2. The Labute approximate surface area is 338 Å². The number of hydrogen-bond acceptors (Lipinski definition) is 10. The van der Waals surface area contributed by atoms with E-state index in [4.69, 9.17) is 19.2 Å². The second kappa shape index (κ2) is 31.2. The molecule has 1 aliphatic heterocycles. The van der Waals surface area contributed by atoms with Crippen molar-refractivity contribution in [3.05, 3.63) is 80.2 Å². The van der Waals surface area contributed by atoms with Crippen molar-refractivity contribution in [2.45, 2.75) is 101 Å². The van der Waals surface area contributed by atoms with Crippen LogP contribution in [0, 0.1) is 13.8 Å². The average Bonchev–Trinajstić information content (AvgIpc) is 3.78. The minimum atomic E-state index is 0.709. The van der Waals surface area contributed by atoms with E-state index in [1.807, 2.05) is 45.9 Å². The summed E-state index contributed by atoms with van der Waals surface area (Å²) in [7, 11) is 10.5. The van der Waals surface area contributed by atoms with Gasteiger partial charge in [-0.05, 0) is 121 Å². The van der Waals surface area contributed by atoms with Crippen LogP contribution in [0.1, 0.15) is 102 Å². The van der Waals surface area contributed by atoms with Gasteiger partial charge in [-0.25, -0.2) is 9.97 Å². The van der Waals surface area contributed by atoms with Crippen LogP contribution in [0.15, 0.2) is 52.6 Å². The topological polar surface area (TPSA) is 69.2 Å². The molecule has 8 nitrogen and oxygen atoms in total. The summed E-state index contributed by atoms with van der Waals surface area (Å²) in [5.74, 6) is 2.38. The van der Waals surface area contributed by atoms with Gasteiger partial charge in [0.05, 0.1) is 27.0 Å². The maximum Gasteiger partial charge on any atom is 0.161 e. The van der Waals surface area contributed by atoms with Gasteiger partial charge in [0, 0.05) is 49.3 Å². The number of likely N-dealkylation sites (N-methyl/N-ethyl adjacent to an activating group) is 1. The molecule has 1 aliphatic rings. The molecule has 0 radical (unpaired) electrons. The predicted molar refractivity (Wildman–Crippen MR) is 236 cm³/mol. The smallest absolute Gasteiger partial charge is 0.161 e. The lowest BCUT2D eigenvalue weighted by atomic mass is 10.00. The van der Waals surface area contributed by atoms with Gasteiger partial charge in [0.1, 0.15) is 15.8 Å². The van der Waals surface area contributed by atoms with Gasteiger partial charge in [0.25, 0.3) is 0 Å². The second-order valence-corrected chi connectivity index (χ2v) is 14.5. The summed E-state index contributed by atoms with van der Waals surface area (Å²) in [5, 5.41) is 6.38. The van der Waals surface area contributed by atoms with E-state index in [9.17, 15) is 0 Å². The van der Waals surface area contributed by atoms with Crippen molar-refractivity contribution >= 4 is 28.2 Å². The summed E-state index contributed by atoms with van der Waals surface area (Å²) in [5.41, 5.74) is 7.12. The van der Waals surface area contributed by atoms with E-state index in [0.29, 0.717) is 11.5 Å². The Morgan fingerprint density at radius 1 is 0.870 bits per heavy atom. The third-order valence-electron chi connectivity index (χ3n) is 8.03. The van der Waals surface area contributed by atoms with E-state index in [2.05, 4.69) is 84.1 Å². The fourth-order valence-corrected chi connectivity index (χ4v) is 7.02. The minimum Gasteiger partial charge on any atom is -0.496 e. The van der Waals surface area contributed by atoms with Gasteiger partial charge >= 0.3 is 0 Å². The first-order chi connectivity index (χ1) is 26.0. The summed E-state index contributed by atoms with van der Waals surface area (Å²) < 4.78 is 20.6. The molecule has 1 fully saturated rings. The molecule has 3 aromatic rings. The highest BCUT2D eigenvalue weighted by Crippen LogP contribution is 2.32. The lowest BCUT2D eigenvalue weighted by molar-refractivity contribution is 0.242. The van der Waals surface area contributed by atoms with Gasteiger partial charge in [-0.15, -0.1) is 22.7 Å². The molecule has 0 saturated carbocycles. The largest absolute Gasteiger partial charge is 0.496 e. The van der Waals surface area contributed by atoms with E-state index in [1.165, 1.54) is 61.4 Å². The molecule has 0 amide bonds. The number of nitrogens with zero attached hydrogens (tertiary/aromatic N) is 4. The summed E-state index contributed by atoms with van der Waals surface area (Å²) in [6.45, 7) is 24.6. The van der Waals surface area contributed by atoms with Gasteiger partial charge in [0.2, 0.25) is 0 Å². The Hall–Kier alpha value is -3.02. The number of thiazole rings is 2. The quantitative estimate of drug-likeness (QED) is 0.125. The molecule has 10 heteroatoms. The van der Waals surface area contributed by atoms with Crippen LogP contribution in [0.5, 0.6) is 5.75 Å². The molecule has 0 atom stereocenters. The van der Waals surface area contributed by atoms with E-state index in [1.54, 1.807) is 58.2 Å². The number of allylic oxidation sites excluding steroid dienone is 4. The van der Waals surface area contributed by atoms with Gasteiger partial charge in [-0.1, -0.05) is 53.5 Å². The number of hydrogen-bond donors (Lipinski definition) is 0.